The van der Waals surface area contributed by atoms with Crippen LogP contribution in [0.25, 0.3) is 0 Å². The highest BCUT2D eigenvalue weighted by molar-refractivity contribution is 9.10. The van der Waals surface area contributed by atoms with Crippen molar-refractivity contribution in [1.29, 1.82) is 0 Å². The topological polar surface area (TPSA) is 52.4 Å². The lowest BCUT2D eigenvalue weighted by Gasteiger charge is -2.16. The Morgan fingerprint density at radius 1 is 1.25 bits per heavy atom. The van der Waals surface area contributed by atoms with Crippen LogP contribution in [0.4, 0.5) is 10.1 Å². The Balaban J connectivity index is 2.22. The molecule has 0 amide bonds. The zero-order valence-corrected chi connectivity index (χ0v) is 12.1. The van der Waals surface area contributed by atoms with E-state index in [2.05, 4.69) is 15.9 Å². The highest BCUT2D eigenvalue weighted by Crippen LogP contribution is 2.32. The van der Waals surface area contributed by atoms with Crippen molar-refractivity contribution in [2.45, 2.75) is 13.0 Å². The largest absolute Gasteiger partial charge is 0.485 e. The number of nitrogens with zero attached hydrogens (tertiary/aromatic N) is 1. The zero-order valence-electron chi connectivity index (χ0n) is 10.5. The van der Waals surface area contributed by atoms with Gasteiger partial charge in [-0.2, -0.15) is 0 Å². The number of hydrogen-bond acceptors (Lipinski definition) is 3. The second kappa shape index (κ2) is 6.00. The van der Waals surface area contributed by atoms with Gasteiger partial charge in [0.1, 0.15) is 17.7 Å². The van der Waals surface area contributed by atoms with E-state index in [0.29, 0.717) is 10.2 Å². The van der Waals surface area contributed by atoms with Gasteiger partial charge in [0.05, 0.1) is 15.5 Å². The highest BCUT2D eigenvalue weighted by atomic mass is 79.9. The SMILES string of the molecule is C[C@H](Oc1cc([N+](=O)[O-])ccc1Br)c1ccc(F)cc1. The molecule has 0 saturated carbocycles. The van der Waals surface area contributed by atoms with Crippen LogP contribution in [0.5, 0.6) is 5.75 Å². The molecule has 20 heavy (non-hydrogen) atoms. The molecule has 2 aromatic carbocycles. The van der Waals surface area contributed by atoms with Crippen LogP contribution >= 0.6 is 15.9 Å². The fourth-order valence-corrected chi connectivity index (χ4v) is 2.03. The third kappa shape index (κ3) is 3.33. The number of benzene rings is 2. The Bertz CT molecular complexity index is 631. The summed E-state index contributed by atoms with van der Waals surface area (Å²) in [4.78, 5) is 10.3. The second-order valence-corrected chi connectivity index (χ2v) is 5.04. The van der Waals surface area contributed by atoms with Gasteiger partial charge in [-0.3, -0.25) is 10.1 Å². The lowest BCUT2D eigenvalue weighted by Crippen LogP contribution is -2.04. The van der Waals surface area contributed by atoms with Crippen molar-refractivity contribution >= 4 is 21.6 Å². The van der Waals surface area contributed by atoms with Crippen LogP contribution < -0.4 is 4.74 Å². The number of nitro benzene ring substituents is 1. The number of nitro groups is 1. The predicted octanol–water partition coefficient (Wildman–Crippen LogP) is 4.64. The molecule has 4 nitrogen and oxygen atoms in total. The molecule has 6 heteroatoms. The van der Waals surface area contributed by atoms with Crippen molar-refractivity contribution < 1.29 is 14.1 Å². The lowest BCUT2D eigenvalue weighted by molar-refractivity contribution is -0.385. The van der Waals surface area contributed by atoms with E-state index in [4.69, 9.17) is 4.74 Å². The van der Waals surface area contributed by atoms with E-state index in [-0.39, 0.29) is 17.6 Å². The third-order valence-corrected chi connectivity index (χ3v) is 3.42. The average Bonchev–Trinajstić information content (AvgIpc) is 2.41. The standard InChI is InChI=1S/C14H11BrFNO3/c1-9(10-2-4-11(16)5-3-10)20-14-8-12(17(18)19)6-7-13(14)15/h2-9H,1H3/t9-/m0/s1. The van der Waals surface area contributed by atoms with E-state index in [1.165, 1.54) is 24.3 Å². The highest BCUT2D eigenvalue weighted by Gasteiger charge is 2.14. The van der Waals surface area contributed by atoms with Crippen molar-refractivity contribution in [1.82, 2.24) is 0 Å². The monoisotopic (exact) mass is 339 g/mol. The maximum atomic E-state index is 12.9. The first-order chi connectivity index (χ1) is 9.47. The lowest BCUT2D eigenvalue weighted by atomic mass is 10.1. The molecule has 0 aliphatic rings. The van der Waals surface area contributed by atoms with Gasteiger partial charge in [0.15, 0.2) is 0 Å². The summed E-state index contributed by atoms with van der Waals surface area (Å²) < 4.78 is 19.2. The van der Waals surface area contributed by atoms with E-state index in [0.717, 1.165) is 5.56 Å². The van der Waals surface area contributed by atoms with Gasteiger partial charge in [0.25, 0.3) is 5.69 Å². The molecule has 0 radical (unpaired) electrons. The molecule has 104 valence electrons. The van der Waals surface area contributed by atoms with Crippen molar-refractivity contribution in [2.24, 2.45) is 0 Å². The van der Waals surface area contributed by atoms with Crippen molar-refractivity contribution in [3.8, 4) is 5.75 Å². The molecule has 0 heterocycles. The normalized spacial score (nSPS) is 11.9. The molecule has 0 fully saturated rings. The van der Waals surface area contributed by atoms with Gasteiger partial charge in [-0.15, -0.1) is 0 Å². The van der Waals surface area contributed by atoms with Crippen LogP contribution in [0, 0.1) is 15.9 Å². The summed E-state index contributed by atoms with van der Waals surface area (Å²) in [6.07, 6.45) is -0.353. The first kappa shape index (κ1) is 14.5. The molecule has 0 spiro atoms. The van der Waals surface area contributed by atoms with Gasteiger partial charge in [0, 0.05) is 6.07 Å². The quantitative estimate of drug-likeness (QED) is 0.602. The molecule has 0 unspecified atom stereocenters. The van der Waals surface area contributed by atoms with E-state index in [1.807, 2.05) is 0 Å². The molecule has 2 aromatic rings. The van der Waals surface area contributed by atoms with Crippen LogP contribution in [0.1, 0.15) is 18.6 Å². The van der Waals surface area contributed by atoms with Gasteiger partial charge in [0.2, 0.25) is 0 Å². The van der Waals surface area contributed by atoms with Gasteiger partial charge >= 0.3 is 0 Å². The molecule has 2 rings (SSSR count). The van der Waals surface area contributed by atoms with Gasteiger partial charge in [-0.25, -0.2) is 4.39 Å². The molecule has 0 aromatic heterocycles. The molecule has 0 aliphatic heterocycles. The minimum Gasteiger partial charge on any atom is -0.485 e. The number of hydrogen-bond donors (Lipinski definition) is 0. The number of rotatable bonds is 4. The minimum atomic E-state index is -0.484. The summed E-state index contributed by atoms with van der Waals surface area (Å²) in [7, 11) is 0. The van der Waals surface area contributed by atoms with E-state index in [9.17, 15) is 14.5 Å². The van der Waals surface area contributed by atoms with E-state index >= 15 is 0 Å². The maximum absolute atomic E-state index is 12.9. The molecule has 0 N–H and O–H groups in total. The fourth-order valence-electron chi connectivity index (χ4n) is 1.69. The molecular formula is C14H11BrFNO3. The summed E-state index contributed by atoms with van der Waals surface area (Å²) in [5.74, 6) is 0.0495. The molecule has 1 atom stereocenters. The second-order valence-electron chi connectivity index (χ2n) is 4.18. The summed E-state index contributed by atoms with van der Waals surface area (Å²) >= 11 is 3.28. The minimum absolute atomic E-state index is 0.0468. The molecule has 0 aliphatic carbocycles. The summed E-state index contributed by atoms with van der Waals surface area (Å²) in [6, 6.07) is 10.2. The molecule has 0 saturated heterocycles. The number of non-ortho nitro benzene ring substituents is 1. The molecular weight excluding hydrogens is 329 g/mol. The van der Waals surface area contributed by atoms with E-state index in [1.54, 1.807) is 25.1 Å². The Morgan fingerprint density at radius 3 is 2.50 bits per heavy atom. The Kier molecular flexibility index (Phi) is 4.34. The van der Waals surface area contributed by atoms with Crippen LogP contribution in [0.3, 0.4) is 0 Å². The predicted molar refractivity (Wildman–Crippen MR) is 76.2 cm³/mol. The zero-order chi connectivity index (χ0) is 14.7. The maximum Gasteiger partial charge on any atom is 0.273 e. The molecule has 0 bridgehead atoms. The smallest absolute Gasteiger partial charge is 0.273 e. The number of halogens is 2. The average molecular weight is 340 g/mol. The first-order valence-corrected chi connectivity index (χ1v) is 6.62. The van der Waals surface area contributed by atoms with Crippen molar-refractivity contribution in [3.05, 3.63) is 68.4 Å². The Morgan fingerprint density at radius 2 is 1.90 bits per heavy atom. The summed E-state index contributed by atoms with van der Waals surface area (Å²) in [6.45, 7) is 1.79. The Hall–Kier alpha value is -1.95. The number of ether oxygens (including phenoxy) is 1. The van der Waals surface area contributed by atoms with Crippen LogP contribution in [-0.4, -0.2) is 4.92 Å². The fraction of sp³-hybridized carbons (Fsp3) is 0.143. The first-order valence-electron chi connectivity index (χ1n) is 5.83. The van der Waals surface area contributed by atoms with Gasteiger partial charge < -0.3 is 4.74 Å². The summed E-state index contributed by atoms with van der Waals surface area (Å²) in [5.41, 5.74) is 0.735. The summed E-state index contributed by atoms with van der Waals surface area (Å²) in [5, 5.41) is 10.8. The van der Waals surface area contributed by atoms with Crippen molar-refractivity contribution in [3.63, 3.8) is 0 Å². The van der Waals surface area contributed by atoms with Gasteiger partial charge in [-0.05, 0) is 46.6 Å². The van der Waals surface area contributed by atoms with E-state index < -0.39 is 4.92 Å². The third-order valence-electron chi connectivity index (χ3n) is 2.77. The van der Waals surface area contributed by atoms with Crippen LogP contribution in [0.2, 0.25) is 0 Å². The Labute approximate surface area is 123 Å². The van der Waals surface area contributed by atoms with Crippen LogP contribution in [-0.2, 0) is 0 Å². The van der Waals surface area contributed by atoms with Gasteiger partial charge in [-0.1, -0.05) is 12.1 Å². The van der Waals surface area contributed by atoms with Crippen molar-refractivity contribution in [2.75, 3.05) is 0 Å². The van der Waals surface area contributed by atoms with Crippen LogP contribution in [0.15, 0.2) is 46.9 Å².